The van der Waals surface area contributed by atoms with Crippen LogP contribution in [0.1, 0.15) is 18.1 Å². The highest BCUT2D eigenvalue weighted by molar-refractivity contribution is 7.89. The molecular formula is C22H27Cl2N3O4S. The van der Waals surface area contributed by atoms with Gasteiger partial charge in [-0.2, -0.15) is 0 Å². The van der Waals surface area contributed by atoms with Crippen molar-refractivity contribution in [2.45, 2.75) is 30.9 Å². The first-order chi connectivity index (χ1) is 15.3. The van der Waals surface area contributed by atoms with Gasteiger partial charge in [-0.3, -0.25) is 9.69 Å². The fourth-order valence-corrected chi connectivity index (χ4v) is 4.84. The summed E-state index contributed by atoms with van der Waals surface area (Å²) in [6.45, 7) is 5.25. The normalized spacial score (nSPS) is 17.3. The number of benzene rings is 2. The molecule has 1 heterocycles. The van der Waals surface area contributed by atoms with E-state index < -0.39 is 10.0 Å². The summed E-state index contributed by atoms with van der Waals surface area (Å²) in [5.41, 5.74) is 1.81. The molecule has 0 aliphatic carbocycles. The SMILES string of the molecule is CCNS(=O)(=O)c1ccc(CC(=O)NC[C@H]2CN(Cc3ccc(Cl)c(Cl)c3)CCO2)cc1. The lowest BCUT2D eigenvalue weighted by Crippen LogP contribution is -2.47. The standard InChI is InChI=1S/C22H27Cl2N3O4S/c1-2-26-32(29,30)19-6-3-16(4-7-19)12-22(28)25-13-18-15-27(9-10-31-18)14-17-5-8-20(23)21(24)11-17/h3-8,11,18,26H,2,9-10,12-15H2,1H3,(H,25,28)/t18-/m0/s1. The van der Waals surface area contributed by atoms with Crippen molar-refractivity contribution in [1.29, 1.82) is 0 Å². The molecule has 1 saturated heterocycles. The lowest BCUT2D eigenvalue weighted by molar-refractivity contribution is -0.121. The Morgan fingerprint density at radius 2 is 1.84 bits per heavy atom. The molecule has 32 heavy (non-hydrogen) atoms. The van der Waals surface area contributed by atoms with Crippen molar-refractivity contribution in [3.63, 3.8) is 0 Å². The number of hydrogen-bond donors (Lipinski definition) is 2. The van der Waals surface area contributed by atoms with Gasteiger partial charge in [0.2, 0.25) is 15.9 Å². The van der Waals surface area contributed by atoms with E-state index in [1.807, 2.05) is 12.1 Å². The highest BCUT2D eigenvalue weighted by Gasteiger charge is 2.21. The topological polar surface area (TPSA) is 87.7 Å². The molecule has 2 aromatic carbocycles. The summed E-state index contributed by atoms with van der Waals surface area (Å²) in [4.78, 5) is 14.8. The third-order valence-corrected chi connectivity index (χ3v) is 7.37. The van der Waals surface area contributed by atoms with Gasteiger partial charge in [0.25, 0.3) is 0 Å². The van der Waals surface area contributed by atoms with E-state index in [9.17, 15) is 13.2 Å². The smallest absolute Gasteiger partial charge is 0.240 e. The van der Waals surface area contributed by atoms with Gasteiger partial charge in [-0.15, -0.1) is 0 Å². The summed E-state index contributed by atoms with van der Waals surface area (Å²) in [5.74, 6) is -0.141. The number of sulfonamides is 1. The molecule has 1 aliphatic heterocycles. The Balaban J connectivity index is 1.46. The summed E-state index contributed by atoms with van der Waals surface area (Å²) in [6.07, 6.45) is 0.0597. The van der Waals surface area contributed by atoms with E-state index >= 15 is 0 Å². The second-order valence-corrected chi connectivity index (χ2v) is 10.2. The Labute approximate surface area is 199 Å². The van der Waals surface area contributed by atoms with E-state index in [1.165, 1.54) is 12.1 Å². The molecule has 174 valence electrons. The maximum Gasteiger partial charge on any atom is 0.240 e. The van der Waals surface area contributed by atoms with Crippen LogP contribution in [0.25, 0.3) is 0 Å². The molecule has 0 bridgehead atoms. The molecular weight excluding hydrogens is 473 g/mol. The second kappa shape index (κ2) is 11.4. The number of carbonyl (C=O) groups is 1. The first-order valence-electron chi connectivity index (χ1n) is 10.4. The van der Waals surface area contributed by atoms with Gasteiger partial charge in [0.1, 0.15) is 0 Å². The molecule has 3 rings (SSSR count). The van der Waals surface area contributed by atoms with Crippen LogP contribution in [0, 0.1) is 0 Å². The Morgan fingerprint density at radius 3 is 2.53 bits per heavy atom. The van der Waals surface area contributed by atoms with Gasteiger partial charge in [-0.25, -0.2) is 13.1 Å². The number of nitrogens with zero attached hydrogens (tertiary/aromatic N) is 1. The third kappa shape index (κ3) is 7.16. The Kier molecular flexibility index (Phi) is 8.93. The lowest BCUT2D eigenvalue weighted by atomic mass is 10.1. The lowest BCUT2D eigenvalue weighted by Gasteiger charge is -2.33. The number of carbonyl (C=O) groups excluding carboxylic acids is 1. The van der Waals surface area contributed by atoms with Crippen molar-refractivity contribution in [2.24, 2.45) is 0 Å². The summed E-state index contributed by atoms with van der Waals surface area (Å²) in [6, 6.07) is 11.9. The minimum atomic E-state index is -3.50. The molecule has 1 amide bonds. The van der Waals surface area contributed by atoms with E-state index in [-0.39, 0.29) is 23.3 Å². The zero-order chi connectivity index (χ0) is 23.1. The molecule has 1 fully saturated rings. The average Bonchev–Trinajstić information content (AvgIpc) is 2.76. The monoisotopic (exact) mass is 499 g/mol. The molecule has 0 unspecified atom stereocenters. The number of morpholine rings is 1. The highest BCUT2D eigenvalue weighted by Crippen LogP contribution is 2.23. The van der Waals surface area contributed by atoms with Gasteiger partial charge in [0.05, 0.1) is 34.1 Å². The van der Waals surface area contributed by atoms with E-state index in [2.05, 4.69) is 14.9 Å². The molecule has 1 atom stereocenters. The largest absolute Gasteiger partial charge is 0.374 e. The Bertz CT molecular complexity index is 1030. The van der Waals surface area contributed by atoms with Gasteiger partial charge in [-0.05, 0) is 35.4 Å². The first-order valence-corrected chi connectivity index (χ1v) is 12.6. The van der Waals surface area contributed by atoms with Crippen molar-refractivity contribution >= 4 is 39.1 Å². The zero-order valence-electron chi connectivity index (χ0n) is 17.8. The van der Waals surface area contributed by atoms with Crippen molar-refractivity contribution in [2.75, 3.05) is 32.8 Å². The average molecular weight is 500 g/mol. The number of ether oxygens (including phenoxy) is 1. The second-order valence-electron chi connectivity index (χ2n) is 7.60. The van der Waals surface area contributed by atoms with Crippen LogP contribution < -0.4 is 10.0 Å². The van der Waals surface area contributed by atoms with E-state index in [4.69, 9.17) is 27.9 Å². The number of amides is 1. The van der Waals surface area contributed by atoms with Crippen LogP contribution in [-0.4, -0.2) is 58.1 Å². The fraction of sp³-hybridized carbons (Fsp3) is 0.409. The minimum Gasteiger partial charge on any atom is -0.374 e. The van der Waals surface area contributed by atoms with Crippen LogP contribution in [0.5, 0.6) is 0 Å². The number of rotatable bonds is 9. The molecule has 0 aromatic heterocycles. The minimum absolute atomic E-state index is 0.108. The third-order valence-electron chi connectivity index (χ3n) is 5.07. The molecule has 10 heteroatoms. The quantitative estimate of drug-likeness (QED) is 0.553. The highest BCUT2D eigenvalue weighted by atomic mass is 35.5. The van der Waals surface area contributed by atoms with Crippen molar-refractivity contribution < 1.29 is 17.9 Å². The molecule has 0 saturated carbocycles. The van der Waals surface area contributed by atoms with Crippen LogP contribution in [0.15, 0.2) is 47.4 Å². The Morgan fingerprint density at radius 1 is 1.12 bits per heavy atom. The predicted molar refractivity (Wildman–Crippen MR) is 125 cm³/mol. The van der Waals surface area contributed by atoms with Gasteiger partial charge in [-0.1, -0.05) is 48.3 Å². The number of nitrogens with one attached hydrogen (secondary N) is 2. The Hall–Kier alpha value is -1.68. The molecule has 7 nitrogen and oxygen atoms in total. The van der Waals surface area contributed by atoms with Crippen LogP contribution in [0.3, 0.4) is 0 Å². The first kappa shape index (κ1) is 25.0. The van der Waals surface area contributed by atoms with E-state index in [0.29, 0.717) is 36.3 Å². The van der Waals surface area contributed by atoms with E-state index in [0.717, 1.165) is 24.2 Å². The van der Waals surface area contributed by atoms with E-state index in [1.54, 1.807) is 25.1 Å². The van der Waals surface area contributed by atoms with Crippen LogP contribution in [0.4, 0.5) is 0 Å². The maximum atomic E-state index is 12.3. The zero-order valence-corrected chi connectivity index (χ0v) is 20.1. The van der Waals surface area contributed by atoms with Crippen LogP contribution in [-0.2, 0) is 32.5 Å². The summed E-state index contributed by atoms with van der Waals surface area (Å²) in [5, 5.41) is 3.98. The molecule has 2 N–H and O–H groups in total. The molecule has 1 aliphatic rings. The number of halogens is 2. The van der Waals surface area contributed by atoms with Gasteiger partial charge >= 0.3 is 0 Å². The predicted octanol–water partition coefficient (Wildman–Crippen LogP) is 2.85. The maximum absolute atomic E-state index is 12.3. The molecule has 0 radical (unpaired) electrons. The summed E-state index contributed by atoms with van der Waals surface area (Å²) in [7, 11) is -3.50. The summed E-state index contributed by atoms with van der Waals surface area (Å²) >= 11 is 12.1. The van der Waals surface area contributed by atoms with Gasteiger partial charge in [0, 0.05) is 32.7 Å². The van der Waals surface area contributed by atoms with Gasteiger partial charge in [0.15, 0.2) is 0 Å². The van der Waals surface area contributed by atoms with Crippen molar-refractivity contribution in [3.05, 3.63) is 63.6 Å². The van der Waals surface area contributed by atoms with Crippen LogP contribution >= 0.6 is 23.2 Å². The molecule has 2 aromatic rings. The molecule has 0 spiro atoms. The van der Waals surface area contributed by atoms with Crippen LogP contribution in [0.2, 0.25) is 10.0 Å². The van der Waals surface area contributed by atoms with Crippen molar-refractivity contribution in [3.8, 4) is 0 Å². The fourth-order valence-electron chi connectivity index (χ4n) is 3.48. The van der Waals surface area contributed by atoms with Gasteiger partial charge < -0.3 is 10.1 Å². The summed E-state index contributed by atoms with van der Waals surface area (Å²) < 4.78 is 32.2. The van der Waals surface area contributed by atoms with Crippen molar-refractivity contribution in [1.82, 2.24) is 14.9 Å². The number of hydrogen-bond acceptors (Lipinski definition) is 5.